The first kappa shape index (κ1) is 45.3. The van der Waals surface area contributed by atoms with Gasteiger partial charge in [-0.25, -0.2) is 0 Å². The normalized spacial score (nSPS) is 58.4. The van der Waals surface area contributed by atoms with E-state index in [0.29, 0.717) is 54.5 Å². The van der Waals surface area contributed by atoms with Gasteiger partial charge in [-0.1, -0.05) is 39.3 Å². The zero-order valence-electron chi connectivity index (χ0n) is 36.6. The summed E-state index contributed by atoms with van der Waals surface area (Å²) in [6.07, 6.45) is -9.93. The molecule has 0 amide bonds. The van der Waals surface area contributed by atoms with E-state index in [1.165, 1.54) is 38.7 Å². The summed E-state index contributed by atoms with van der Waals surface area (Å²) in [5.41, 5.74) is 1.41. The van der Waals surface area contributed by atoms with E-state index in [9.17, 15) is 40.9 Å². The maximum absolute atomic E-state index is 12.0. The molecule has 26 atom stereocenters. The minimum Gasteiger partial charge on any atom is -0.394 e. The molecule has 0 bridgehead atoms. The summed E-state index contributed by atoms with van der Waals surface area (Å²) < 4.78 is 43.7. The van der Waals surface area contributed by atoms with Gasteiger partial charge in [-0.05, 0) is 112 Å². The van der Waals surface area contributed by atoms with E-state index in [2.05, 4.69) is 39.1 Å². The summed E-state index contributed by atoms with van der Waals surface area (Å²) in [5, 5.41) is 89.8. The van der Waals surface area contributed by atoms with Gasteiger partial charge in [0.25, 0.3) is 0 Å². The number of rotatable bonds is 7. The molecule has 4 aliphatic carbocycles. The Kier molecular flexibility index (Phi) is 12.4. The highest BCUT2D eigenvalue weighted by atomic mass is 16.8. The van der Waals surface area contributed by atoms with Crippen LogP contribution in [-0.4, -0.2) is 164 Å². The molecular weight excluding hydrogens is 794 g/mol. The Labute approximate surface area is 359 Å². The van der Waals surface area contributed by atoms with E-state index < -0.39 is 98.7 Å². The number of allylic oxidation sites excluding steroid dienone is 1. The van der Waals surface area contributed by atoms with Crippen LogP contribution in [0.4, 0.5) is 0 Å². The fraction of sp³-hybridized carbons (Fsp3) is 0.956. The lowest BCUT2D eigenvalue weighted by atomic mass is 9.47. The molecule has 0 aromatic carbocycles. The summed E-state index contributed by atoms with van der Waals surface area (Å²) in [4.78, 5) is 0. The molecule has 3 saturated carbocycles. The zero-order chi connectivity index (χ0) is 43.5. The van der Waals surface area contributed by atoms with Crippen molar-refractivity contribution < 1.29 is 74.0 Å². The number of aliphatic hydroxyl groups is 8. The van der Waals surface area contributed by atoms with Gasteiger partial charge < -0.3 is 74.0 Å². The Balaban J connectivity index is 0.916. The third-order valence-electron chi connectivity index (χ3n) is 17.9. The first-order valence-corrected chi connectivity index (χ1v) is 23.3. The Morgan fingerprint density at radius 3 is 1.98 bits per heavy atom. The molecule has 0 radical (unpaired) electrons. The van der Waals surface area contributed by atoms with Crippen LogP contribution in [0.5, 0.6) is 0 Å². The van der Waals surface area contributed by atoms with Crippen molar-refractivity contribution in [3.05, 3.63) is 11.6 Å². The van der Waals surface area contributed by atoms with Crippen LogP contribution in [0.15, 0.2) is 11.6 Å². The van der Waals surface area contributed by atoms with Crippen molar-refractivity contribution in [2.24, 2.45) is 46.3 Å². The summed E-state index contributed by atoms with van der Waals surface area (Å²) in [7, 11) is 0. The molecule has 61 heavy (non-hydrogen) atoms. The molecule has 9 aliphatic rings. The minimum absolute atomic E-state index is 0.00472. The van der Waals surface area contributed by atoms with Crippen molar-refractivity contribution in [1.29, 1.82) is 0 Å². The van der Waals surface area contributed by atoms with Gasteiger partial charge in [-0.3, -0.25) is 5.32 Å². The lowest BCUT2D eigenvalue weighted by Crippen LogP contribution is -2.66. The molecule has 18 unspecified atom stereocenters. The van der Waals surface area contributed by atoms with Gasteiger partial charge in [0.15, 0.2) is 18.9 Å². The summed E-state index contributed by atoms with van der Waals surface area (Å²) in [5.74, 6) is 3.43. The Hall–Kier alpha value is -0.900. The molecule has 5 saturated heterocycles. The van der Waals surface area contributed by atoms with Crippen molar-refractivity contribution in [1.82, 2.24) is 5.32 Å². The van der Waals surface area contributed by atoms with Gasteiger partial charge in [0.05, 0.1) is 31.0 Å². The Morgan fingerprint density at radius 2 is 1.36 bits per heavy atom. The molecular formula is C45H73NO15. The summed E-state index contributed by atoms with van der Waals surface area (Å²) in [6, 6.07) is 0. The Morgan fingerprint density at radius 1 is 0.705 bits per heavy atom. The monoisotopic (exact) mass is 867 g/mol. The largest absolute Gasteiger partial charge is 0.394 e. The number of ether oxygens (including phenoxy) is 7. The van der Waals surface area contributed by atoms with E-state index in [0.717, 1.165) is 32.2 Å². The number of piperidine rings is 1. The fourth-order valence-electron chi connectivity index (χ4n) is 14.2. The maximum Gasteiger partial charge on any atom is 0.187 e. The highest BCUT2D eigenvalue weighted by Crippen LogP contribution is 2.70. The van der Waals surface area contributed by atoms with Gasteiger partial charge in [0.2, 0.25) is 0 Å². The molecule has 16 nitrogen and oxygen atoms in total. The number of fused-ring (bicyclic) bond motifs is 7. The van der Waals surface area contributed by atoms with Crippen LogP contribution in [0, 0.1) is 46.3 Å². The number of hydrogen-bond donors (Lipinski definition) is 9. The summed E-state index contributed by atoms with van der Waals surface area (Å²) >= 11 is 0. The predicted molar refractivity (Wildman–Crippen MR) is 215 cm³/mol. The quantitative estimate of drug-likeness (QED) is 0.161. The van der Waals surface area contributed by atoms with Crippen molar-refractivity contribution in [2.45, 2.75) is 209 Å². The fourth-order valence-corrected chi connectivity index (χ4v) is 14.2. The van der Waals surface area contributed by atoms with E-state index in [1.807, 2.05) is 0 Å². The van der Waals surface area contributed by atoms with Gasteiger partial charge in [0.1, 0.15) is 66.8 Å². The molecule has 8 fully saturated rings. The molecule has 5 aliphatic heterocycles. The number of aliphatic hydroxyl groups excluding tert-OH is 8. The van der Waals surface area contributed by atoms with Crippen molar-refractivity contribution in [3.8, 4) is 0 Å². The predicted octanol–water partition coefficient (Wildman–Crippen LogP) is 0.815. The van der Waals surface area contributed by atoms with Gasteiger partial charge in [-0.2, -0.15) is 0 Å². The molecule has 5 heterocycles. The SMILES string of the molecule is CC1CCC2(NC1)O[C@H]1C[C@H]3[C@@H]4CC=C5CC(OC6OC(CO)C(OC7OC(C)C(O)C(O)C7O)C(O)C6OC6OC(C)C(O)C(O)C6O)CC[C@]5(C)[C@H]4CC[C@]3(C)[C@H]1[C@@H]2C. The number of hydrogen-bond acceptors (Lipinski definition) is 16. The van der Waals surface area contributed by atoms with E-state index in [-0.39, 0.29) is 22.7 Å². The second-order valence-corrected chi connectivity index (χ2v) is 21.2. The van der Waals surface area contributed by atoms with Crippen LogP contribution in [-0.2, 0) is 33.2 Å². The van der Waals surface area contributed by atoms with Crippen LogP contribution >= 0.6 is 0 Å². The molecule has 9 rings (SSSR count). The van der Waals surface area contributed by atoms with Gasteiger partial charge in [0, 0.05) is 12.5 Å². The molecule has 0 aromatic heterocycles. The molecule has 16 heteroatoms. The van der Waals surface area contributed by atoms with Crippen LogP contribution in [0.1, 0.15) is 99.3 Å². The Bertz CT molecular complexity index is 1600. The van der Waals surface area contributed by atoms with Crippen molar-refractivity contribution >= 4 is 0 Å². The highest BCUT2D eigenvalue weighted by Gasteiger charge is 2.68. The first-order valence-electron chi connectivity index (χ1n) is 23.3. The van der Waals surface area contributed by atoms with Gasteiger partial charge in [-0.15, -0.1) is 0 Å². The van der Waals surface area contributed by atoms with Crippen LogP contribution in [0.25, 0.3) is 0 Å². The third-order valence-corrected chi connectivity index (χ3v) is 17.9. The van der Waals surface area contributed by atoms with E-state index in [4.69, 9.17) is 33.2 Å². The molecule has 1 spiro atoms. The summed E-state index contributed by atoms with van der Waals surface area (Å²) in [6.45, 7) is 13.2. The molecule has 9 N–H and O–H groups in total. The zero-order valence-corrected chi connectivity index (χ0v) is 36.6. The lowest BCUT2D eigenvalue weighted by Gasteiger charge is -2.59. The second-order valence-electron chi connectivity index (χ2n) is 21.2. The highest BCUT2D eigenvalue weighted by molar-refractivity contribution is 5.26. The third kappa shape index (κ3) is 7.42. The number of nitrogens with one attached hydrogen (secondary N) is 1. The average molecular weight is 868 g/mol. The van der Waals surface area contributed by atoms with Crippen LogP contribution in [0.2, 0.25) is 0 Å². The minimum atomic E-state index is -1.70. The van der Waals surface area contributed by atoms with Gasteiger partial charge >= 0.3 is 0 Å². The van der Waals surface area contributed by atoms with E-state index in [1.54, 1.807) is 0 Å². The van der Waals surface area contributed by atoms with E-state index >= 15 is 0 Å². The standard InChI is InChI=1S/C45H73NO15/c1-19-9-14-45(46-17-19)20(2)30-28(61-45)16-27-25-8-7-23-15-24(10-12-43(23,5)26(25)11-13-44(27,30)6)57-42-39(60-41-36(53)34(51)32(49)22(4)56-41)37(54)38(29(18-47)58-42)59-40-35(52)33(50)31(48)21(3)55-40/h7,19-22,24-42,46-54H,8-18H2,1-6H3/t19?,20-,21?,22?,24?,25+,26-,27-,28-,29?,30-,31?,32?,33?,34?,35?,36?,37?,38?,39?,40?,41?,42?,43-,44-,45?/m0/s1. The topological polar surface area (TPSA) is 238 Å². The van der Waals surface area contributed by atoms with Crippen LogP contribution < -0.4 is 5.32 Å². The maximum atomic E-state index is 12.0. The lowest BCUT2D eigenvalue weighted by molar-refractivity contribution is -0.388. The first-order chi connectivity index (χ1) is 28.9. The van der Waals surface area contributed by atoms with Crippen LogP contribution in [0.3, 0.4) is 0 Å². The molecule has 348 valence electrons. The van der Waals surface area contributed by atoms with Crippen molar-refractivity contribution in [2.75, 3.05) is 13.2 Å². The second kappa shape index (κ2) is 16.8. The molecule has 0 aromatic rings. The smallest absolute Gasteiger partial charge is 0.187 e. The van der Waals surface area contributed by atoms with Crippen molar-refractivity contribution in [3.63, 3.8) is 0 Å². The average Bonchev–Trinajstić information content (AvgIpc) is 3.69.